The number of nitrogens with two attached hydrogens (primary N) is 1. The molecule has 0 unspecified atom stereocenters. The maximum atomic E-state index is 12.5. The Morgan fingerprint density at radius 1 is 1.04 bits per heavy atom. The zero-order chi connectivity index (χ0) is 19.2. The Bertz CT molecular complexity index is 581. The van der Waals surface area contributed by atoms with Gasteiger partial charge >= 0.3 is 0 Å². The number of hydrogen-bond acceptors (Lipinski definition) is 3. The largest absolute Gasteiger partial charge is 0.490 e. The lowest BCUT2D eigenvalue weighted by Gasteiger charge is -2.23. The van der Waals surface area contributed by atoms with Crippen LogP contribution in [-0.2, 0) is 16.1 Å². The zero-order valence-electron chi connectivity index (χ0n) is 15.5. The number of nitrogens with zero attached hydrogens (tertiary/aromatic N) is 1. The summed E-state index contributed by atoms with van der Waals surface area (Å²) in [6, 6.07) is 7.74. The van der Waals surface area contributed by atoms with E-state index in [0.29, 0.717) is 39.0 Å². The Morgan fingerprint density at radius 2 is 1.77 bits per heavy atom. The summed E-state index contributed by atoms with van der Waals surface area (Å²) in [5.74, 6) is 0.624. The molecule has 2 amide bonds. The highest BCUT2D eigenvalue weighted by molar-refractivity contribution is 5.76. The average molecular weight is 358 g/mol. The third-order valence-electron chi connectivity index (χ3n) is 3.93. The van der Waals surface area contributed by atoms with Crippen molar-refractivity contribution in [3.8, 4) is 5.75 Å². The third-order valence-corrected chi connectivity index (χ3v) is 3.93. The molecule has 142 valence electrons. The van der Waals surface area contributed by atoms with Crippen molar-refractivity contribution >= 4 is 11.8 Å². The molecule has 2 N–H and O–H groups in total. The van der Waals surface area contributed by atoms with Crippen LogP contribution in [0, 0.1) is 0 Å². The van der Waals surface area contributed by atoms with E-state index in [2.05, 4.69) is 13.2 Å². The highest BCUT2D eigenvalue weighted by Gasteiger charge is 2.13. The first kappa shape index (κ1) is 21.5. The van der Waals surface area contributed by atoms with Crippen LogP contribution in [0.15, 0.2) is 49.6 Å². The molecule has 0 saturated carbocycles. The van der Waals surface area contributed by atoms with Crippen LogP contribution in [0.1, 0.15) is 44.1 Å². The molecule has 0 fully saturated rings. The minimum absolute atomic E-state index is 0.117. The van der Waals surface area contributed by atoms with Crippen LogP contribution in [0.3, 0.4) is 0 Å². The van der Waals surface area contributed by atoms with Crippen molar-refractivity contribution in [1.29, 1.82) is 0 Å². The average Bonchev–Trinajstić information content (AvgIpc) is 2.64. The van der Waals surface area contributed by atoms with Crippen molar-refractivity contribution < 1.29 is 14.3 Å². The summed E-state index contributed by atoms with van der Waals surface area (Å²) in [4.78, 5) is 25.1. The quantitative estimate of drug-likeness (QED) is 0.408. The van der Waals surface area contributed by atoms with Gasteiger partial charge in [-0.2, -0.15) is 0 Å². The minimum atomic E-state index is -0.275. The van der Waals surface area contributed by atoms with E-state index in [1.54, 1.807) is 12.2 Å². The van der Waals surface area contributed by atoms with Gasteiger partial charge in [-0.1, -0.05) is 37.3 Å². The number of hydrogen-bond donors (Lipinski definition) is 1. The second kappa shape index (κ2) is 12.8. The van der Waals surface area contributed by atoms with Crippen LogP contribution in [0.5, 0.6) is 5.75 Å². The monoisotopic (exact) mass is 358 g/mol. The molecule has 0 heterocycles. The fraction of sp³-hybridized carbons (Fsp3) is 0.429. The third kappa shape index (κ3) is 9.06. The Labute approximate surface area is 156 Å². The van der Waals surface area contributed by atoms with Crippen LogP contribution >= 0.6 is 0 Å². The minimum Gasteiger partial charge on any atom is -0.490 e. The molecule has 26 heavy (non-hydrogen) atoms. The van der Waals surface area contributed by atoms with Gasteiger partial charge in [0.2, 0.25) is 11.8 Å². The highest BCUT2D eigenvalue weighted by atomic mass is 16.5. The fourth-order valence-electron chi connectivity index (χ4n) is 2.52. The van der Waals surface area contributed by atoms with Crippen molar-refractivity contribution in [3.05, 3.63) is 55.1 Å². The molecular weight excluding hydrogens is 328 g/mol. The second-order valence-corrected chi connectivity index (χ2v) is 6.16. The molecule has 0 aliphatic carbocycles. The van der Waals surface area contributed by atoms with Crippen molar-refractivity contribution in [1.82, 2.24) is 4.90 Å². The molecule has 0 saturated heterocycles. The molecule has 5 nitrogen and oxygen atoms in total. The molecule has 0 aromatic heterocycles. The van der Waals surface area contributed by atoms with Crippen molar-refractivity contribution in [2.45, 2.75) is 45.1 Å². The van der Waals surface area contributed by atoms with Gasteiger partial charge in [0.15, 0.2) is 0 Å². The summed E-state index contributed by atoms with van der Waals surface area (Å²) in [6.07, 6.45) is 7.49. The zero-order valence-corrected chi connectivity index (χ0v) is 15.5. The van der Waals surface area contributed by atoms with Crippen LogP contribution in [0.2, 0.25) is 0 Å². The van der Waals surface area contributed by atoms with Crippen LogP contribution in [-0.4, -0.2) is 29.9 Å². The maximum absolute atomic E-state index is 12.5. The standard InChI is InChI=1S/C21H30N2O3/c1-3-5-10-21(25)23(15-8-6-7-9-20(22)24)17-18-11-13-19(14-12-18)26-16-4-2/h3-4,11-14H,1-2,5-10,15-17H2,(H2,22,24). The van der Waals surface area contributed by atoms with E-state index in [0.717, 1.165) is 30.6 Å². The van der Waals surface area contributed by atoms with Gasteiger partial charge in [0.25, 0.3) is 0 Å². The molecular formula is C21H30N2O3. The summed E-state index contributed by atoms with van der Waals surface area (Å²) in [5.41, 5.74) is 6.21. The summed E-state index contributed by atoms with van der Waals surface area (Å²) in [7, 11) is 0. The molecule has 0 aliphatic rings. The lowest BCUT2D eigenvalue weighted by Crippen LogP contribution is -2.31. The number of unbranched alkanes of at least 4 members (excludes halogenated alkanes) is 2. The summed E-state index contributed by atoms with van der Waals surface area (Å²) in [6.45, 7) is 9.01. The Hall–Kier alpha value is -2.56. The van der Waals surface area contributed by atoms with E-state index in [4.69, 9.17) is 10.5 Å². The van der Waals surface area contributed by atoms with E-state index >= 15 is 0 Å². The molecule has 0 aliphatic heterocycles. The van der Waals surface area contributed by atoms with Gasteiger partial charge in [0.1, 0.15) is 12.4 Å². The molecule has 1 aromatic carbocycles. The van der Waals surface area contributed by atoms with Gasteiger partial charge in [-0.15, -0.1) is 6.58 Å². The first-order valence-corrected chi connectivity index (χ1v) is 9.06. The fourth-order valence-corrected chi connectivity index (χ4v) is 2.52. The Kier molecular flexibility index (Phi) is 10.5. The lowest BCUT2D eigenvalue weighted by molar-refractivity contribution is -0.131. The van der Waals surface area contributed by atoms with Gasteiger partial charge < -0.3 is 15.4 Å². The molecule has 0 radical (unpaired) electrons. The van der Waals surface area contributed by atoms with Gasteiger partial charge in [0, 0.05) is 25.9 Å². The second-order valence-electron chi connectivity index (χ2n) is 6.16. The Morgan fingerprint density at radius 3 is 2.38 bits per heavy atom. The smallest absolute Gasteiger partial charge is 0.223 e. The summed E-state index contributed by atoms with van der Waals surface area (Å²) < 4.78 is 5.48. The highest BCUT2D eigenvalue weighted by Crippen LogP contribution is 2.15. The number of carbonyl (C=O) groups is 2. The SMILES string of the molecule is C=CCCC(=O)N(CCCCCC(N)=O)Cc1ccc(OCC=C)cc1. The van der Waals surface area contributed by atoms with Crippen LogP contribution in [0.4, 0.5) is 0 Å². The molecule has 5 heteroatoms. The number of ether oxygens (including phenoxy) is 1. The molecule has 0 atom stereocenters. The predicted octanol–water partition coefficient (Wildman–Crippen LogP) is 3.59. The normalized spacial score (nSPS) is 10.2. The van der Waals surface area contributed by atoms with Crippen LogP contribution < -0.4 is 10.5 Å². The predicted molar refractivity (Wildman–Crippen MR) is 105 cm³/mol. The Balaban J connectivity index is 2.59. The number of allylic oxidation sites excluding steroid dienone is 1. The van der Waals surface area contributed by atoms with E-state index in [1.807, 2.05) is 29.2 Å². The summed E-state index contributed by atoms with van der Waals surface area (Å²) in [5, 5.41) is 0. The first-order chi connectivity index (χ1) is 12.6. The lowest BCUT2D eigenvalue weighted by atomic mass is 10.1. The van der Waals surface area contributed by atoms with Gasteiger partial charge in [-0.05, 0) is 37.0 Å². The van der Waals surface area contributed by atoms with Crippen molar-refractivity contribution in [2.75, 3.05) is 13.2 Å². The number of rotatable bonds is 14. The maximum Gasteiger partial charge on any atom is 0.223 e. The number of amides is 2. The summed E-state index contributed by atoms with van der Waals surface area (Å²) >= 11 is 0. The van der Waals surface area contributed by atoms with E-state index in [9.17, 15) is 9.59 Å². The van der Waals surface area contributed by atoms with E-state index in [1.165, 1.54) is 0 Å². The number of carbonyl (C=O) groups excluding carboxylic acids is 2. The van der Waals surface area contributed by atoms with Crippen LogP contribution in [0.25, 0.3) is 0 Å². The molecule has 1 aromatic rings. The topological polar surface area (TPSA) is 72.6 Å². The van der Waals surface area contributed by atoms with Crippen molar-refractivity contribution in [2.24, 2.45) is 5.73 Å². The number of benzene rings is 1. The van der Waals surface area contributed by atoms with Crippen molar-refractivity contribution in [3.63, 3.8) is 0 Å². The molecule has 0 bridgehead atoms. The van der Waals surface area contributed by atoms with Gasteiger partial charge in [0.05, 0.1) is 0 Å². The van der Waals surface area contributed by atoms with E-state index in [-0.39, 0.29) is 11.8 Å². The van der Waals surface area contributed by atoms with E-state index < -0.39 is 0 Å². The number of primary amides is 1. The first-order valence-electron chi connectivity index (χ1n) is 9.06. The molecule has 1 rings (SSSR count). The van der Waals surface area contributed by atoms with Gasteiger partial charge in [-0.3, -0.25) is 9.59 Å². The van der Waals surface area contributed by atoms with Gasteiger partial charge in [-0.25, -0.2) is 0 Å². The molecule has 0 spiro atoms.